The van der Waals surface area contributed by atoms with E-state index in [0.717, 1.165) is 12.8 Å². The summed E-state index contributed by atoms with van der Waals surface area (Å²) in [6.45, 7) is 14.1. The van der Waals surface area contributed by atoms with Crippen molar-refractivity contribution in [2.45, 2.75) is 65.2 Å². The first-order valence-electron chi connectivity index (χ1n) is 16.1. The van der Waals surface area contributed by atoms with Gasteiger partial charge in [0.25, 0.3) is 0 Å². The molecule has 4 aliphatic carbocycles. The van der Waals surface area contributed by atoms with Crippen LogP contribution in [0.3, 0.4) is 0 Å². The molecule has 0 fully saturated rings. The van der Waals surface area contributed by atoms with E-state index in [2.05, 4.69) is 151 Å². The normalized spacial score (nSPS) is 16.6. The predicted octanol–water partition coefficient (Wildman–Crippen LogP) is 4.55. The molecule has 0 N–H and O–H groups in total. The Labute approximate surface area is 295 Å². The Morgan fingerprint density at radius 1 is 0.696 bits per heavy atom. The summed E-state index contributed by atoms with van der Waals surface area (Å²) < 4.78 is 4.99. The van der Waals surface area contributed by atoms with E-state index in [1.54, 1.807) is 9.77 Å². The standard InChI is InChI=1S/C23H21.C15H14.C5H5.2ClH.Zr/c1-22(2)7-5-14-10-18-16(12-20(14)22)9-17-13-21-15(11-19(17)18)6-8-23(21,3)4;1-12-3-7-14(8-4-12)11-15-9-5-13(2)6-10-15;1-2-4-5-3-1;;;/h5-7,10-13H,9H2,1-4H3;3-10H,1-2H3;1-3H,4H2;2*1H;/q;;;;;+2/p-2. The molecule has 0 aromatic heterocycles. The summed E-state index contributed by atoms with van der Waals surface area (Å²) in [7, 11) is 0. The Balaban J connectivity index is 0.00000186. The first kappa shape index (κ1) is 33.1. The molecule has 0 saturated carbocycles. The predicted molar refractivity (Wildman–Crippen MR) is 185 cm³/mol. The van der Waals surface area contributed by atoms with Gasteiger partial charge in [-0.3, -0.25) is 0 Å². The number of rotatable bonds is 4. The number of aryl methyl sites for hydroxylation is 2. The Morgan fingerprint density at radius 2 is 1.26 bits per heavy atom. The van der Waals surface area contributed by atoms with Gasteiger partial charge in [-0.2, -0.15) is 0 Å². The van der Waals surface area contributed by atoms with E-state index in [1.165, 1.54) is 66.8 Å². The van der Waals surface area contributed by atoms with Crippen molar-refractivity contribution in [1.29, 1.82) is 0 Å². The second-order valence-electron chi connectivity index (χ2n) is 14.4. The third kappa shape index (κ3) is 5.28. The first-order chi connectivity index (χ1) is 21.1. The van der Waals surface area contributed by atoms with Crippen molar-refractivity contribution < 1.29 is 46.1 Å². The van der Waals surface area contributed by atoms with E-state index in [0.29, 0.717) is 0 Å². The monoisotopic (exact) mass is 716 g/mol. The summed E-state index contributed by atoms with van der Waals surface area (Å²) in [6.07, 6.45) is 16.6. The van der Waals surface area contributed by atoms with E-state index in [9.17, 15) is 0 Å². The molecule has 3 heteroatoms. The van der Waals surface area contributed by atoms with Gasteiger partial charge in [0.05, 0.1) is 0 Å². The summed E-state index contributed by atoms with van der Waals surface area (Å²) in [5.74, 6) is 0. The molecular formula is C43H40Cl2Zr. The van der Waals surface area contributed by atoms with Crippen molar-refractivity contribution in [1.82, 2.24) is 0 Å². The molecule has 230 valence electrons. The summed E-state index contributed by atoms with van der Waals surface area (Å²) in [5.41, 5.74) is 17.2. The maximum absolute atomic E-state index is 2.64. The molecule has 4 aliphatic rings. The average molecular weight is 719 g/mol. The number of halogens is 2. The molecule has 4 aromatic carbocycles. The van der Waals surface area contributed by atoms with Crippen LogP contribution >= 0.6 is 0 Å². The van der Waals surface area contributed by atoms with Gasteiger partial charge < -0.3 is 24.8 Å². The van der Waals surface area contributed by atoms with E-state index in [-0.39, 0.29) is 35.6 Å². The largest absolute Gasteiger partial charge is 1.00 e. The van der Waals surface area contributed by atoms with Crippen molar-refractivity contribution in [2.75, 3.05) is 0 Å². The van der Waals surface area contributed by atoms with Crippen LogP contribution < -0.4 is 24.8 Å². The fraction of sp³-hybridized carbons (Fsp3) is 0.233. The molecule has 0 aliphatic heterocycles. The minimum Gasteiger partial charge on any atom is -1.00 e. The van der Waals surface area contributed by atoms with E-state index in [1.807, 2.05) is 0 Å². The number of allylic oxidation sites excluding steroid dienone is 6. The van der Waals surface area contributed by atoms with Gasteiger partial charge in [-0.05, 0) is 0 Å². The van der Waals surface area contributed by atoms with E-state index < -0.39 is 21.3 Å². The third-order valence-electron chi connectivity index (χ3n) is 10.5. The quantitative estimate of drug-likeness (QED) is 0.256. The number of fused-ring (bicyclic) bond motifs is 5. The molecule has 0 unspecified atom stereocenters. The molecule has 0 saturated heterocycles. The van der Waals surface area contributed by atoms with Gasteiger partial charge in [-0.25, -0.2) is 0 Å². The van der Waals surface area contributed by atoms with Crippen molar-refractivity contribution in [3.63, 3.8) is 0 Å². The van der Waals surface area contributed by atoms with Gasteiger partial charge >= 0.3 is 272 Å². The Bertz CT molecular complexity index is 2000. The number of hydrogen-bond acceptors (Lipinski definition) is 0. The molecule has 0 atom stereocenters. The molecular weight excluding hydrogens is 679 g/mol. The van der Waals surface area contributed by atoms with Crippen LogP contribution in [0.4, 0.5) is 0 Å². The fourth-order valence-corrected chi connectivity index (χ4v) is 16.5. The van der Waals surface area contributed by atoms with Crippen molar-refractivity contribution in [2.24, 2.45) is 0 Å². The van der Waals surface area contributed by atoms with Crippen LogP contribution in [0.2, 0.25) is 0 Å². The van der Waals surface area contributed by atoms with Gasteiger partial charge in [0, 0.05) is 0 Å². The molecule has 0 nitrogen and oxygen atoms in total. The van der Waals surface area contributed by atoms with Gasteiger partial charge in [0.2, 0.25) is 0 Å². The van der Waals surface area contributed by atoms with Crippen LogP contribution in [0, 0.1) is 13.8 Å². The van der Waals surface area contributed by atoms with Crippen molar-refractivity contribution in [3.8, 4) is 11.1 Å². The number of hydrogen-bond donors (Lipinski definition) is 0. The van der Waals surface area contributed by atoms with Crippen LogP contribution in [-0.4, -0.2) is 3.21 Å². The smallest absolute Gasteiger partial charge is 1.00 e. The maximum Gasteiger partial charge on any atom is -1.00 e. The summed E-state index contributed by atoms with van der Waals surface area (Å²) >= 11 is -2.63. The van der Waals surface area contributed by atoms with Crippen LogP contribution in [0.1, 0.15) is 89.8 Å². The molecule has 0 heterocycles. The number of benzene rings is 4. The first-order valence-corrected chi connectivity index (χ1v) is 19.8. The van der Waals surface area contributed by atoms with Crippen LogP contribution in [0.15, 0.2) is 104 Å². The van der Waals surface area contributed by atoms with Crippen LogP contribution in [0.25, 0.3) is 23.3 Å². The summed E-state index contributed by atoms with van der Waals surface area (Å²) in [4.78, 5) is 0. The Hall–Kier alpha value is -2.83. The second kappa shape index (κ2) is 12.0. The summed E-state index contributed by atoms with van der Waals surface area (Å²) in [5, 5.41) is 0. The molecule has 4 aromatic rings. The van der Waals surface area contributed by atoms with Gasteiger partial charge in [0.1, 0.15) is 0 Å². The molecule has 46 heavy (non-hydrogen) atoms. The van der Waals surface area contributed by atoms with Crippen LogP contribution in [0.5, 0.6) is 0 Å². The maximum atomic E-state index is 2.64. The Kier molecular flexibility index (Phi) is 8.63. The zero-order valence-electron chi connectivity index (χ0n) is 27.6. The van der Waals surface area contributed by atoms with E-state index in [4.69, 9.17) is 0 Å². The topological polar surface area (TPSA) is 0 Å². The van der Waals surface area contributed by atoms with Gasteiger partial charge in [-0.15, -0.1) is 0 Å². The second-order valence-corrected chi connectivity index (χ2v) is 20.4. The molecule has 0 spiro atoms. The van der Waals surface area contributed by atoms with Crippen molar-refractivity contribution in [3.05, 3.63) is 159 Å². The zero-order chi connectivity index (χ0) is 30.4. The van der Waals surface area contributed by atoms with Gasteiger partial charge in [-0.1, -0.05) is 0 Å². The molecule has 0 bridgehead atoms. The zero-order valence-corrected chi connectivity index (χ0v) is 31.5. The third-order valence-corrected chi connectivity index (χ3v) is 18.9. The SMILES string of the molecule is Cc1ccc([C](c2ccc(C)cc2)=[Zr+2]([C]2=CC=CC2)[C]2=Cc3cc4c(cc3C2(C)C)Cc2cc3c(cc2-4)C=CC3(C)C)cc1.[Cl-].[Cl-]. The van der Waals surface area contributed by atoms with Gasteiger partial charge in [0.15, 0.2) is 0 Å². The minimum atomic E-state index is -2.63. The van der Waals surface area contributed by atoms with Crippen molar-refractivity contribution >= 4 is 15.4 Å². The molecule has 0 amide bonds. The molecule has 8 rings (SSSR count). The van der Waals surface area contributed by atoms with Crippen LogP contribution in [-0.2, 0) is 38.5 Å². The molecule has 0 radical (unpaired) electrons. The summed E-state index contributed by atoms with van der Waals surface area (Å²) in [6, 6.07) is 28.8. The average Bonchev–Trinajstić information content (AvgIpc) is 3.77. The Morgan fingerprint density at radius 3 is 1.83 bits per heavy atom. The van der Waals surface area contributed by atoms with E-state index >= 15 is 0 Å². The minimum absolute atomic E-state index is 0. The fourth-order valence-electron chi connectivity index (χ4n) is 7.93.